The van der Waals surface area contributed by atoms with Crippen molar-refractivity contribution in [2.75, 3.05) is 6.54 Å². The van der Waals surface area contributed by atoms with E-state index in [1.54, 1.807) is 0 Å². The Morgan fingerprint density at radius 3 is 2.36 bits per heavy atom. The highest BCUT2D eigenvalue weighted by Gasteiger charge is 2.14. The molecule has 0 heterocycles. The Labute approximate surface area is 87.3 Å². The number of hydrogen-bond acceptors (Lipinski definition) is 1. The Morgan fingerprint density at radius 1 is 1.14 bits per heavy atom. The van der Waals surface area contributed by atoms with Gasteiger partial charge in [0.05, 0.1) is 0 Å². The number of aryl methyl sites for hydroxylation is 1. The van der Waals surface area contributed by atoms with E-state index in [0.717, 1.165) is 6.54 Å². The molecule has 1 nitrogen and oxygen atoms in total. The van der Waals surface area contributed by atoms with Gasteiger partial charge in [-0.25, -0.2) is 0 Å². The predicted molar refractivity (Wildman–Crippen MR) is 62.2 cm³/mol. The van der Waals surface area contributed by atoms with E-state index < -0.39 is 0 Å². The second-order valence-electron chi connectivity index (χ2n) is 4.71. The SMILES string of the molecule is CC(C)(CN)CCCc1ccccc1. The quantitative estimate of drug-likeness (QED) is 0.760. The first kappa shape index (κ1) is 11.3. The summed E-state index contributed by atoms with van der Waals surface area (Å²) < 4.78 is 0. The zero-order chi connectivity index (χ0) is 10.4. The maximum Gasteiger partial charge on any atom is -0.00258 e. The van der Waals surface area contributed by atoms with E-state index >= 15 is 0 Å². The zero-order valence-corrected chi connectivity index (χ0v) is 9.29. The molecule has 0 atom stereocenters. The van der Waals surface area contributed by atoms with Gasteiger partial charge in [0, 0.05) is 0 Å². The van der Waals surface area contributed by atoms with Gasteiger partial charge in [-0.15, -0.1) is 0 Å². The van der Waals surface area contributed by atoms with Crippen molar-refractivity contribution in [2.45, 2.75) is 33.1 Å². The topological polar surface area (TPSA) is 26.0 Å². The van der Waals surface area contributed by atoms with Crippen LogP contribution in [0, 0.1) is 5.41 Å². The van der Waals surface area contributed by atoms with E-state index in [-0.39, 0.29) is 0 Å². The van der Waals surface area contributed by atoms with Crippen molar-refractivity contribution in [3.8, 4) is 0 Å². The highest BCUT2D eigenvalue weighted by Crippen LogP contribution is 2.21. The van der Waals surface area contributed by atoms with Gasteiger partial charge < -0.3 is 5.73 Å². The van der Waals surface area contributed by atoms with Crippen LogP contribution in [0.5, 0.6) is 0 Å². The average Bonchev–Trinajstić information content (AvgIpc) is 2.19. The fourth-order valence-electron chi connectivity index (χ4n) is 1.52. The van der Waals surface area contributed by atoms with Gasteiger partial charge >= 0.3 is 0 Å². The third-order valence-corrected chi connectivity index (χ3v) is 2.71. The fraction of sp³-hybridized carbons (Fsp3) is 0.538. The Morgan fingerprint density at radius 2 is 1.79 bits per heavy atom. The summed E-state index contributed by atoms with van der Waals surface area (Å²) in [5, 5.41) is 0. The average molecular weight is 191 g/mol. The summed E-state index contributed by atoms with van der Waals surface area (Å²) in [6.07, 6.45) is 3.61. The molecule has 0 saturated heterocycles. The molecular weight excluding hydrogens is 170 g/mol. The molecule has 14 heavy (non-hydrogen) atoms. The van der Waals surface area contributed by atoms with Gasteiger partial charge in [-0.1, -0.05) is 44.2 Å². The molecule has 0 unspecified atom stereocenters. The second-order valence-corrected chi connectivity index (χ2v) is 4.71. The van der Waals surface area contributed by atoms with Crippen molar-refractivity contribution in [2.24, 2.45) is 11.1 Å². The smallest absolute Gasteiger partial charge is 0.00258 e. The van der Waals surface area contributed by atoms with E-state index in [4.69, 9.17) is 5.73 Å². The predicted octanol–water partition coefficient (Wildman–Crippen LogP) is 2.99. The molecule has 0 radical (unpaired) electrons. The molecular formula is C13H21N. The van der Waals surface area contributed by atoms with Gasteiger partial charge in [-0.05, 0) is 36.8 Å². The Hall–Kier alpha value is -0.820. The van der Waals surface area contributed by atoms with Crippen molar-refractivity contribution in [3.63, 3.8) is 0 Å². The lowest BCUT2D eigenvalue weighted by molar-refractivity contribution is 0.337. The van der Waals surface area contributed by atoms with Crippen LogP contribution in [0.15, 0.2) is 30.3 Å². The minimum atomic E-state index is 0.300. The lowest BCUT2D eigenvalue weighted by atomic mass is 9.87. The minimum absolute atomic E-state index is 0.300. The van der Waals surface area contributed by atoms with Crippen molar-refractivity contribution in [1.82, 2.24) is 0 Å². The number of nitrogens with two attached hydrogens (primary N) is 1. The first-order valence-electron chi connectivity index (χ1n) is 5.38. The number of rotatable bonds is 5. The monoisotopic (exact) mass is 191 g/mol. The summed E-state index contributed by atoms with van der Waals surface area (Å²) in [4.78, 5) is 0. The number of hydrogen-bond donors (Lipinski definition) is 1. The molecule has 1 rings (SSSR count). The Kier molecular flexibility index (Phi) is 4.15. The van der Waals surface area contributed by atoms with Crippen LogP contribution in [0.3, 0.4) is 0 Å². The van der Waals surface area contributed by atoms with E-state index in [0.29, 0.717) is 5.41 Å². The third-order valence-electron chi connectivity index (χ3n) is 2.71. The van der Waals surface area contributed by atoms with Gasteiger partial charge in [-0.2, -0.15) is 0 Å². The standard InChI is InChI=1S/C13H21N/c1-13(2,11-14)10-6-9-12-7-4-3-5-8-12/h3-5,7-8H,6,9-11,14H2,1-2H3. The van der Waals surface area contributed by atoms with E-state index in [1.807, 2.05) is 0 Å². The molecule has 0 aliphatic heterocycles. The van der Waals surface area contributed by atoms with Crippen molar-refractivity contribution < 1.29 is 0 Å². The van der Waals surface area contributed by atoms with Gasteiger partial charge in [0.25, 0.3) is 0 Å². The normalized spacial score (nSPS) is 11.6. The lowest BCUT2D eigenvalue weighted by Gasteiger charge is -2.21. The molecule has 2 N–H and O–H groups in total. The Bertz CT molecular complexity index is 251. The van der Waals surface area contributed by atoms with Crippen LogP contribution < -0.4 is 5.73 Å². The first-order chi connectivity index (χ1) is 6.64. The number of benzene rings is 1. The summed E-state index contributed by atoms with van der Waals surface area (Å²) in [5.41, 5.74) is 7.42. The largest absolute Gasteiger partial charge is 0.330 e. The molecule has 0 aliphatic rings. The highest BCUT2D eigenvalue weighted by atomic mass is 14.6. The molecule has 1 aromatic rings. The van der Waals surface area contributed by atoms with Crippen LogP contribution in [0.2, 0.25) is 0 Å². The summed E-state index contributed by atoms with van der Waals surface area (Å²) >= 11 is 0. The maximum atomic E-state index is 5.69. The molecule has 0 aliphatic carbocycles. The molecule has 78 valence electrons. The van der Waals surface area contributed by atoms with Crippen LogP contribution >= 0.6 is 0 Å². The van der Waals surface area contributed by atoms with Crippen LogP contribution in [-0.4, -0.2) is 6.54 Å². The summed E-state index contributed by atoms with van der Waals surface area (Å²) in [7, 11) is 0. The second kappa shape index (κ2) is 5.16. The van der Waals surface area contributed by atoms with Crippen LogP contribution in [-0.2, 0) is 6.42 Å². The van der Waals surface area contributed by atoms with Crippen molar-refractivity contribution in [1.29, 1.82) is 0 Å². The Balaban J connectivity index is 2.29. The molecule has 0 fully saturated rings. The molecule has 0 amide bonds. The third kappa shape index (κ3) is 3.93. The molecule has 0 bridgehead atoms. The molecule has 0 aromatic heterocycles. The van der Waals surface area contributed by atoms with E-state index in [9.17, 15) is 0 Å². The highest BCUT2D eigenvalue weighted by molar-refractivity contribution is 5.14. The summed E-state index contributed by atoms with van der Waals surface area (Å²) in [5.74, 6) is 0. The molecule has 0 saturated carbocycles. The lowest BCUT2D eigenvalue weighted by Crippen LogP contribution is -2.23. The molecule has 1 heteroatoms. The first-order valence-corrected chi connectivity index (χ1v) is 5.38. The molecule has 1 aromatic carbocycles. The molecule has 0 spiro atoms. The van der Waals surface area contributed by atoms with Gasteiger partial charge in [-0.3, -0.25) is 0 Å². The van der Waals surface area contributed by atoms with E-state index in [2.05, 4.69) is 44.2 Å². The summed E-state index contributed by atoms with van der Waals surface area (Å²) in [6.45, 7) is 5.25. The minimum Gasteiger partial charge on any atom is -0.330 e. The van der Waals surface area contributed by atoms with Crippen LogP contribution in [0.1, 0.15) is 32.3 Å². The van der Waals surface area contributed by atoms with Gasteiger partial charge in [0.1, 0.15) is 0 Å². The van der Waals surface area contributed by atoms with Gasteiger partial charge in [0.15, 0.2) is 0 Å². The van der Waals surface area contributed by atoms with Crippen LogP contribution in [0.4, 0.5) is 0 Å². The van der Waals surface area contributed by atoms with Crippen molar-refractivity contribution >= 4 is 0 Å². The zero-order valence-electron chi connectivity index (χ0n) is 9.29. The van der Waals surface area contributed by atoms with Gasteiger partial charge in [0.2, 0.25) is 0 Å². The van der Waals surface area contributed by atoms with E-state index in [1.165, 1.54) is 24.8 Å². The maximum absolute atomic E-state index is 5.69. The van der Waals surface area contributed by atoms with Crippen molar-refractivity contribution in [3.05, 3.63) is 35.9 Å². The van der Waals surface area contributed by atoms with Crippen LogP contribution in [0.25, 0.3) is 0 Å². The fourth-order valence-corrected chi connectivity index (χ4v) is 1.52. The summed E-state index contributed by atoms with van der Waals surface area (Å²) in [6, 6.07) is 10.6.